The first-order valence-corrected chi connectivity index (χ1v) is 9.26. The molecule has 1 aromatic rings. The van der Waals surface area contributed by atoms with E-state index in [2.05, 4.69) is 5.32 Å². The summed E-state index contributed by atoms with van der Waals surface area (Å²) in [7, 11) is 0. The van der Waals surface area contributed by atoms with Crippen LogP contribution in [0.4, 0.5) is 0 Å². The topological polar surface area (TPSA) is 105 Å². The fraction of sp³-hybridized carbons (Fsp3) is 0.526. The predicted molar refractivity (Wildman–Crippen MR) is 93.5 cm³/mol. The molecule has 3 aliphatic rings. The highest BCUT2D eigenvalue weighted by atomic mass is 16.7. The van der Waals surface area contributed by atoms with Gasteiger partial charge in [0.25, 0.3) is 5.91 Å². The van der Waals surface area contributed by atoms with E-state index in [9.17, 15) is 14.4 Å². The Labute approximate surface area is 156 Å². The van der Waals surface area contributed by atoms with E-state index in [4.69, 9.17) is 14.6 Å². The Hall–Kier alpha value is -2.77. The second kappa shape index (κ2) is 7.09. The van der Waals surface area contributed by atoms with Crippen LogP contribution in [0.15, 0.2) is 18.2 Å². The predicted octanol–water partition coefficient (Wildman–Crippen LogP) is 1.39. The van der Waals surface area contributed by atoms with Crippen LogP contribution in [0.25, 0.3) is 0 Å². The summed E-state index contributed by atoms with van der Waals surface area (Å²) in [6.07, 6.45) is 3.05. The van der Waals surface area contributed by atoms with Crippen molar-refractivity contribution in [1.29, 1.82) is 0 Å². The van der Waals surface area contributed by atoms with Gasteiger partial charge in [0, 0.05) is 18.2 Å². The average molecular weight is 374 g/mol. The molecule has 0 spiro atoms. The van der Waals surface area contributed by atoms with Gasteiger partial charge in [-0.25, -0.2) is 0 Å². The van der Waals surface area contributed by atoms with Crippen LogP contribution < -0.4 is 14.8 Å². The Morgan fingerprint density at radius 3 is 2.70 bits per heavy atom. The number of rotatable bonds is 4. The molecular weight excluding hydrogens is 352 g/mol. The average Bonchev–Trinajstić information content (AvgIpc) is 3.39. The molecule has 1 saturated heterocycles. The van der Waals surface area contributed by atoms with Gasteiger partial charge in [-0.2, -0.15) is 0 Å². The molecule has 0 radical (unpaired) electrons. The number of hydrogen-bond acceptors (Lipinski definition) is 5. The van der Waals surface area contributed by atoms with Crippen molar-refractivity contribution >= 4 is 17.8 Å². The molecule has 2 aliphatic heterocycles. The largest absolute Gasteiger partial charge is 0.481 e. The van der Waals surface area contributed by atoms with Crippen molar-refractivity contribution in [3.63, 3.8) is 0 Å². The summed E-state index contributed by atoms with van der Waals surface area (Å²) in [4.78, 5) is 38.3. The van der Waals surface area contributed by atoms with Crippen molar-refractivity contribution in [2.75, 3.05) is 13.3 Å². The highest BCUT2D eigenvalue weighted by molar-refractivity contribution is 5.98. The number of carboxylic acid groups (broad SMARTS) is 1. The van der Waals surface area contributed by atoms with Gasteiger partial charge in [-0.05, 0) is 50.3 Å². The lowest BCUT2D eigenvalue weighted by atomic mass is 10.1. The molecule has 2 amide bonds. The summed E-state index contributed by atoms with van der Waals surface area (Å²) in [6.45, 7) is 0.661. The minimum Gasteiger partial charge on any atom is -0.481 e. The number of likely N-dealkylation sites (tertiary alicyclic amines) is 1. The van der Waals surface area contributed by atoms with Crippen LogP contribution in [0.2, 0.25) is 0 Å². The number of carbonyl (C=O) groups excluding carboxylic acids is 2. The second-order valence-electron chi connectivity index (χ2n) is 7.28. The van der Waals surface area contributed by atoms with E-state index in [-0.39, 0.29) is 24.6 Å². The van der Waals surface area contributed by atoms with Gasteiger partial charge < -0.3 is 24.8 Å². The van der Waals surface area contributed by atoms with Crippen LogP contribution in [0.3, 0.4) is 0 Å². The van der Waals surface area contributed by atoms with Crippen molar-refractivity contribution < 1.29 is 29.0 Å². The molecule has 2 heterocycles. The van der Waals surface area contributed by atoms with Gasteiger partial charge >= 0.3 is 5.97 Å². The Kier molecular flexibility index (Phi) is 4.63. The third-order valence-electron chi connectivity index (χ3n) is 5.56. The molecule has 0 bridgehead atoms. The molecule has 4 rings (SSSR count). The number of benzene rings is 1. The molecule has 2 N–H and O–H groups in total. The summed E-state index contributed by atoms with van der Waals surface area (Å²) in [6, 6.07) is 4.36. The molecule has 1 unspecified atom stereocenters. The lowest BCUT2D eigenvalue weighted by Crippen LogP contribution is -2.48. The fourth-order valence-electron chi connectivity index (χ4n) is 4.11. The number of carboxylic acids is 1. The van der Waals surface area contributed by atoms with E-state index in [1.54, 1.807) is 23.1 Å². The lowest BCUT2D eigenvalue weighted by molar-refractivity contribution is -0.141. The maximum atomic E-state index is 12.9. The van der Waals surface area contributed by atoms with E-state index in [0.29, 0.717) is 49.3 Å². The van der Waals surface area contributed by atoms with E-state index < -0.39 is 17.9 Å². The molecule has 1 aromatic carbocycles. The summed E-state index contributed by atoms with van der Waals surface area (Å²) >= 11 is 0. The standard InChI is InChI=1S/C19H22N2O6/c22-17(20-13-5-3-12(8-13)19(24)25)14-2-1-7-21(14)18(23)11-4-6-15-16(9-11)27-10-26-15/h4,6,9,12-14H,1-3,5,7-8,10H2,(H,20,22)(H,24,25)/t12-,13+,14?/m1/s1. The summed E-state index contributed by atoms with van der Waals surface area (Å²) < 4.78 is 10.6. The Morgan fingerprint density at radius 2 is 1.93 bits per heavy atom. The van der Waals surface area contributed by atoms with Crippen molar-refractivity contribution in [3.8, 4) is 11.5 Å². The molecule has 144 valence electrons. The highest BCUT2D eigenvalue weighted by Gasteiger charge is 2.37. The van der Waals surface area contributed by atoms with Crippen LogP contribution in [0.1, 0.15) is 42.5 Å². The van der Waals surface area contributed by atoms with Crippen LogP contribution in [-0.4, -0.2) is 53.2 Å². The first kappa shape index (κ1) is 17.6. The maximum absolute atomic E-state index is 12.9. The van der Waals surface area contributed by atoms with Crippen molar-refractivity contribution in [2.45, 2.75) is 44.2 Å². The second-order valence-corrected chi connectivity index (χ2v) is 7.28. The third kappa shape index (κ3) is 3.43. The van der Waals surface area contributed by atoms with Gasteiger partial charge in [-0.1, -0.05) is 0 Å². The third-order valence-corrected chi connectivity index (χ3v) is 5.56. The fourth-order valence-corrected chi connectivity index (χ4v) is 4.11. The van der Waals surface area contributed by atoms with Gasteiger partial charge in [0.05, 0.1) is 5.92 Å². The highest BCUT2D eigenvalue weighted by Crippen LogP contribution is 2.33. The SMILES string of the molecule is O=C(N[C@H]1CC[C@@H](C(=O)O)C1)C1CCCN1C(=O)c1ccc2c(c1)OCO2. The zero-order valence-corrected chi connectivity index (χ0v) is 14.8. The smallest absolute Gasteiger partial charge is 0.306 e. The number of aliphatic carboxylic acids is 1. The Morgan fingerprint density at radius 1 is 1.11 bits per heavy atom. The number of hydrogen-bond donors (Lipinski definition) is 2. The Balaban J connectivity index is 1.42. The van der Waals surface area contributed by atoms with Crippen LogP contribution >= 0.6 is 0 Å². The van der Waals surface area contributed by atoms with Gasteiger partial charge in [-0.15, -0.1) is 0 Å². The van der Waals surface area contributed by atoms with E-state index in [1.807, 2.05) is 0 Å². The van der Waals surface area contributed by atoms with Gasteiger partial charge in [-0.3, -0.25) is 14.4 Å². The zero-order valence-electron chi connectivity index (χ0n) is 14.8. The molecule has 0 aromatic heterocycles. The molecule has 1 aliphatic carbocycles. The van der Waals surface area contributed by atoms with Gasteiger partial charge in [0.15, 0.2) is 11.5 Å². The number of carbonyl (C=O) groups is 3. The molecule has 2 fully saturated rings. The maximum Gasteiger partial charge on any atom is 0.306 e. The van der Waals surface area contributed by atoms with Gasteiger partial charge in [0.2, 0.25) is 12.7 Å². The molecule has 8 heteroatoms. The first-order valence-electron chi connectivity index (χ1n) is 9.26. The number of nitrogens with one attached hydrogen (secondary N) is 1. The number of amides is 2. The van der Waals surface area contributed by atoms with Crippen LogP contribution in [0, 0.1) is 5.92 Å². The van der Waals surface area contributed by atoms with E-state index >= 15 is 0 Å². The molecule has 27 heavy (non-hydrogen) atoms. The quantitative estimate of drug-likeness (QED) is 0.825. The van der Waals surface area contributed by atoms with E-state index in [1.165, 1.54) is 0 Å². The molecule has 3 atom stereocenters. The molecule has 1 saturated carbocycles. The first-order chi connectivity index (χ1) is 13.0. The molecular formula is C19H22N2O6. The van der Waals surface area contributed by atoms with Crippen molar-refractivity contribution in [1.82, 2.24) is 10.2 Å². The van der Waals surface area contributed by atoms with Crippen LogP contribution in [-0.2, 0) is 9.59 Å². The Bertz CT molecular complexity index is 779. The minimum atomic E-state index is -0.813. The summed E-state index contributed by atoms with van der Waals surface area (Å²) in [5.41, 5.74) is 0.464. The zero-order chi connectivity index (χ0) is 19.0. The summed E-state index contributed by atoms with van der Waals surface area (Å²) in [5, 5.41) is 12.0. The monoisotopic (exact) mass is 374 g/mol. The molecule has 8 nitrogen and oxygen atoms in total. The number of ether oxygens (including phenoxy) is 2. The van der Waals surface area contributed by atoms with E-state index in [0.717, 1.165) is 6.42 Å². The summed E-state index contributed by atoms with van der Waals surface area (Å²) in [5.74, 6) is -0.473. The normalized spacial score (nSPS) is 26.2. The minimum absolute atomic E-state index is 0.137. The van der Waals surface area contributed by atoms with Gasteiger partial charge in [0.1, 0.15) is 6.04 Å². The van der Waals surface area contributed by atoms with Crippen molar-refractivity contribution in [3.05, 3.63) is 23.8 Å². The number of nitrogens with zero attached hydrogens (tertiary/aromatic N) is 1. The van der Waals surface area contributed by atoms with Crippen LogP contribution in [0.5, 0.6) is 11.5 Å². The lowest BCUT2D eigenvalue weighted by Gasteiger charge is -2.25. The van der Waals surface area contributed by atoms with Crippen molar-refractivity contribution in [2.24, 2.45) is 5.92 Å². The number of fused-ring (bicyclic) bond motifs is 1.